The molecule has 0 aliphatic rings. The van der Waals surface area contributed by atoms with Crippen LogP contribution in [0.2, 0.25) is 0 Å². The van der Waals surface area contributed by atoms with Crippen molar-refractivity contribution in [2.75, 3.05) is 18.5 Å². The van der Waals surface area contributed by atoms with Gasteiger partial charge in [0.05, 0.1) is 25.9 Å². The van der Waals surface area contributed by atoms with Crippen molar-refractivity contribution in [3.8, 4) is 11.5 Å². The van der Waals surface area contributed by atoms with Crippen molar-refractivity contribution in [2.24, 2.45) is 0 Å². The first-order valence-corrected chi connectivity index (χ1v) is 8.95. The van der Waals surface area contributed by atoms with Crippen LogP contribution >= 0.6 is 0 Å². The average Bonchev–Trinajstić information content (AvgIpc) is 2.63. The van der Waals surface area contributed by atoms with Crippen LogP contribution in [0, 0.1) is 0 Å². The second kappa shape index (κ2) is 9.82. The second-order valence-electron chi connectivity index (χ2n) is 6.03. The Morgan fingerprint density at radius 2 is 1.69 bits per heavy atom. The molecule has 2 aromatic carbocycles. The summed E-state index contributed by atoms with van der Waals surface area (Å²) in [5.74, 6) is 1.34. The van der Waals surface area contributed by atoms with Crippen molar-refractivity contribution in [2.45, 2.75) is 40.4 Å². The van der Waals surface area contributed by atoms with E-state index in [1.54, 1.807) is 6.07 Å². The van der Waals surface area contributed by atoms with Crippen LogP contribution in [0.3, 0.4) is 0 Å². The van der Waals surface area contributed by atoms with Crippen LogP contribution in [-0.4, -0.2) is 25.2 Å². The van der Waals surface area contributed by atoms with Gasteiger partial charge < -0.3 is 19.5 Å². The average molecular weight is 357 g/mol. The van der Waals surface area contributed by atoms with Crippen LogP contribution in [0.4, 0.5) is 5.69 Å². The largest absolute Gasteiger partial charge is 0.494 e. The van der Waals surface area contributed by atoms with Crippen LogP contribution in [0.5, 0.6) is 11.5 Å². The van der Waals surface area contributed by atoms with Gasteiger partial charge in [-0.2, -0.15) is 0 Å². The number of benzene rings is 2. The highest BCUT2D eigenvalue weighted by Crippen LogP contribution is 2.23. The van der Waals surface area contributed by atoms with E-state index in [9.17, 15) is 4.79 Å². The van der Waals surface area contributed by atoms with Gasteiger partial charge in [-0.3, -0.25) is 4.79 Å². The molecule has 140 valence electrons. The first-order valence-electron chi connectivity index (χ1n) is 8.95. The summed E-state index contributed by atoms with van der Waals surface area (Å²) in [6.07, 6.45) is 0.103. The fourth-order valence-corrected chi connectivity index (χ4v) is 2.39. The molecule has 0 aliphatic heterocycles. The van der Waals surface area contributed by atoms with E-state index in [0.29, 0.717) is 31.1 Å². The summed E-state index contributed by atoms with van der Waals surface area (Å²) >= 11 is 0. The molecule has 0 saturated heterocycles. The van der Waals surface area contributed by atoms with Crippen molar-refractivity contribution in [1.29, 1.82) is 0 Å². The quantitative estimate of drug-likeness (QED) is 0.709. The van der Waals surface area contributed by atoms with Gasteiger partial charge in [0.25, 0.3) is 5.91 Å². The lowest BCUT2D eigenvalue weighted by Gasteiger charge is -2.14. The Bertz CT molecular complexity index is 710. The van der Waals surface area contributed by atoms with E-state index in [0.717, 1.165) is 17.1 Å². The molecule has 0 fully saturated rings. The monoisotopic (exact) mass is 357 g/mol. The van der Waals surface area contributed by atoms with E-state index < -0.39 is 0 Å². The lowest BCUT2D eigenvalue weighted by atomic mass is 10.1. The minimum atomic E-state index is -0.178. The first kappa shape index (κ1) is 19.8. The van der Waals surface area contributed by atoms with Crippen molar-refractivity contribution in [3.05, 3.63) is 53.6 Å². The maximum atomic E-state index is 12.6. The summed E-state index contributed by atoms with van der Waals surface area (Å²) in [5.41, 5.74) is 2.14. The zero-order chi connectivity index (χ0) is 18.9. The van der Waals surface area contributed by atoms with E-state index in [4.69, 9.17) is 14.2 Å². The fraction of sp³-hybridized carbons (Fsp3) is 0.381. The van der Waals surface area contributed by atoms with E-state index in [1.165, 1.54) is 0 Å². The van der Waals surface area contributed by atoms with E-state index >= 15 is 0 Å². The summed E-state index contributed by atoms with van der Waals surface area (Å²) in [6.45, 7) is 9.39. The molecule has 5 heteroatoms. The van der Waals surface area contributed by atoms with Gasteiger partial charge in [0.1, 0.15) is 11.5 Å². The molecule has 0 unspecified atom stereocenters. The zero-order valence-electron chi connectivity index (χ0n) is 15.9. The molecule has 0 atom stereocenters. The number of rotatable bonds is 9. The summed E-state index contributed by atoms with van der Waals surface area (Å²) in [5, 5.41) is 2.89. The number of hydrogen-bond acceptors (Lipinski definition) is 4. The van der Waals surface area contributed by atoms with Crippen LogP contribution in [0.15, 0.2) is 42.5 Å². The molecule has 2 aromatic rings. The number of nitrogens with one attached hydrogen (secondary N) is 1. The van der Waals surface area contributed by atoms with Gasteiger partial charge in [0, 0.05) is 16.8 Å². The molecule has 1 N–H and O–H groups in total. The Morgan fingerprint density at radius 3 is 2.31 bits per heavy atom. The molecule has 1 amide bonds. The van der Waals surface area contributed by atoms with Crippen LogP contribution in [0.25, 0.3) is 0 Å². The highest BCUT2D eigenvalue weighted by molar-refractivity contribution is 6.04. The Labute approximate surface area is 155 Å². The maximum Gasteiger partial charge on any atom is 0.255 e. The van der Waals surface area contributed by atoms with E-state index in [2.05, 4.69) is 5.32 Å². The molecule has 26 heavy (non-hydrogen) atoms. The highest BCUT2D eigenvalue weighted by atomic mass is 16.5. The summed E-state index contributed by atoms with van der Waals surface area (Å²) in [7, 11) is 0. The summed E-state index contributed by atoms with van der Waals surface area (Å²) in [4.78, 5) is 12.6. The van der Waals surface area contributed by atoms with Crippen LogP contribution in [0.1, 0.15) is 43.6 Å². The SMILES string of the molecule is CCOc1ccc(NC(=O)c2ccc(OCC)c(COC(C)C)c2)cc1. The third-order valence-electron chi connectivity index (χ3n) is 3.62. The smallest absolute Gasteiger partial charge is 0.255 e. The molecule has 0 bridgehead atoms. The third kappa shape index (κ3) is 5.77. The van der Waals surface area contributed by atoms with Crippen LogP contribution < -0.4 is 14.8 Å². The number of hydrogen-bond donors (Lipinski definition) is 1. The molecule has 2 rings (SSSR count). The summed E-state index contributed by atoms with van der Waals surface area (Å²) in [6, 6.07) is 12.7. The van der Waals surface area contributed by atoms with Gasteiger partial charge >= 0.3 is 0 Å². The second-order valence-corrected chi connectivity index (χ2v) is 6.03. The zero-order valence-corrected chi connectivity index (χ0v) is 15.9. The van der Waals surface area contributed by atoms with Crippen molar-refractivity contribution in [3.63, 3.8) is 0 Å². The number of anilines is 1. The third-order valence-corrected chi connectivity index (χ3v) is 3.62. The lowest BCUT2D eigenvalue weighted by molar-refractivity contribution is 0.0641. The molecule has 0 heterocycles. The molecular formula is C21H27NO4. The van der Waals surface area contributed by atoms with Gasteiger partial charge in [0.15, 0.2) is 0 Å². The van der Waals surface area contributed by atoms with Crippen molar-refractivity contribution < 1.29 is 19.0 Å². The van der Waals surface area contributed by atoms with Gasteiger partial charge in [-0.05, 0) is 70.2 Å². The molecule has 0 spiro atoms. The topological polar surface area (TPSA) is 56.8 Å². The van der Waals surface area contributed by atoms with E-state index in [1.807, 2.05) is 64.1 Å². The molecule has 5 nitrogen and oxygen atoms in total. The molecular weight excluding hydrogens is 330 g/mol. The number of amides is 1. The molecule has 0 radical (unpaired) electrons. The lowest BCUT2D eigenvalue weighted by Crippen LogP contribution is -2.13. The van der Waals surface area contributed by atoms with Crippen LogP contribution in [-0.2, 0) is 11.3 Å². The predicted octanol–water partition coefficient (Wildman–Crippen LogP) is 4.66. The van der Waals surface area contributed by atoms with Gasteiger partial charge in [-0.1, -0.05) is 0 Å². The Kier molecular flexibility index (Phi) is 7.48. The number of ether oxygens (including phenoxy) is 3. The van der Waals surface area contributed by atoms with Crippen molar-refractivity contribution in [1.82, 2.24) is 0 Å². The normalized spacial score (nSPS) is 10.7. The molecule has 0 saturated carbocycles. The minimum absolute atomic E-state index is 0.103. The standard InChI is InChI=1S/C21H27NO4/c1-5-24-19-10-8-18(9-11-19)22-21(23)16-7-12-20(25-6-2)17(13-16)14-26-15(3)4/h7-13,15H,5-6,14H2,1-4H3,(H,22,23). The number of carbonyl (C=O) groups excluding carboxylic acids is 1. The van der Waals surface area contributed by atoms with Crippen molar-refractivity contribution >= 4 is 11.6 Å². The predicted molar refractivity (Wildman–Crippen MR) is 103 cm³/mol. The Morgan fingerprint density at radius 1 is 1.00 bits per heavy atom. The Balaban J connectivity index is 2.12. The van der Waals surface area contributed by atoms with Gasteiger partial charge in [-0.15, -0.1) is 0 Å². The Hall–Kier alpha value is -2.53. The fourth-order valence-electron chi connectivity index (χ4n) is 2.39. The maximum absolute atomic E-state index is 12.6. The molecule has 0 aromatic heterocycles. The van der Waals surface area contributed by atoms with Gasteiger partial charge in [0.2, 0.25) is 0 Å². The highest BCUT2D eigenvalue weighted by Gasteiger charge is 2.12. The molecule has 0 aliphatic carbocycles. The van der Waals surface area contributed by atoms with Gasteiger partial charge in [-0.25, -0.2) is 0 Å². The number of carbonyl (C=O) groups is 1. The summed E-state index contributed by atoms with van der Waals surface area (Å²) < 4.78 is 16.7. The first-order chi connectivity index (χ1) is 12.5. The minimum Gasteiger partial charge on any atom is -0.494 e. The van der Waals surface area contributed by atoms with E-state index in [-0.39, 0.29) is 12.0 Å².